The van der Waals surface area contributed by atoms with Crippen LogP contribution >= 0.6 is 0 Å². The van der Waals surface area contributed by atoms with Crippen molar-refractivity contribution in [2.24, 2.45) is 5.92 Å². The lowest BCUT2D eigenvalue weighted by molar-refractivity contribution is -0.142. The van der Waals surface area contributed by atoms with E-state index in [2.05, 4.69) is 5.32 Å². The van der Waals surface area contributed by atoms with Crippen molar-refractivity contribution in [2.45, 2.75) is 63.3 Å². The molecule has 0 spiro atoms. The lowest BCUT2D eigenvalue weighted by Crippen LogP contribution is -2.59. The van der Waals surface area contributed by atoms with Crippen LogP contribution in [-0.4, -0.2) is 72.0 Å². The van der Waals surface area contributed by atoms with Crippen LogP contribution in [0.2, 0.25) is 0 Å². The number of carbonyl (C=O) groups is 2. The van der Waals surface area contributed by atoms with Crippen LogP contribution in [-0.2, 0) is 38.9 Å². The molecular formula is C29H35F3N4O4S. The third-order valence-electron chi connectivity index (χ3n) is 8.35. The van der Waals surface area contributed by atoms with E-state index in [4.69, 9.17) is 0 Å². The second-order valence-corrected chi connectivity index (χ2v) is 12.9. The van der Waals surface area contributed by atoms with Gasteiger partial charge in [-0.1, -0.05) is 42.5 Å². The molecule has 2 aromatic rings. The smallest absolute Gasteiger partial charge is 0.350 e. The summed E-state index contributed by atoms with van der Waals surface area (Å²) < 4.78 is 68.5. The first-order valence-electron chi connectivity index (χ1n) is 14.1. The second-order valence-electron chi connectivity index (χ2n) is 11.1. The average Bonchev–Trinajstić information content (AvgIpc) is 3.44. The number of carbonyl (C=O) groups excluding carboxylic acids is 2. The first kappa shape index (κ1) is 29.5. The third-order valence-corrected chi connectivity index (χ3v) is 10.4. The topological polar surface area (TPSA) is 90.0 Å². The molecule has 1 unspecified atom stereocenters. The fourth-order valence-electron chi connectivity index (χ4n) is 5.97. The van der Waals surface area contributed by atoms with Crippen molar-refractivity contribution < 1.29 is 31.2 Å². The highest BCUT2D eigenvalue weighted by Gasteiger charge is 2.45. The van der Waals surface area contributed by atoms with Gasteiger partial charge in [0.15, 0.2) is 0 Å². The third kappa shape index (κ3) is 6.60. The van der Waals surface area contributed by atoms with E-state index in [1.54, 1.807) is 9.21 Å². The Morgan fingerprint density at radius 2 is 1.59 bits per heavy atom. The van der Waals surface area contributed by atoms with Crippen molar-refractivity contribution in [3.8, 4) is 0 Å². The highest BCUT2D eigenvalue weighted by molar-refractivity contribution is 7.86. The molecular weight excluding hydrogens is 557 g/mol. The molecule has 3 fully saturated rings. The fourth-order valence-corrected chi connectivity index (χ4v) is 7.89. The molecule has 1 N–H and O–H groups in total. The molecule has 3 heterocycles. The summed E-state index contributed by atoms with van der Waals surface area (Å²) in [6, 6.07) is 13.6. The minimum atomic E-state index is -4.43. The number of nitrogens with one attached hydrogen (secondary N) is 1. The van der Waals surface area contributed by atoms with Gasteiger partial charge in [0, 0.05) is 38.8 Å². The monoisotopic (exact) mass is 592 g/mol. The Labute approximate surface area is 238 Å². The zero-order chi connectivity index (χ0) is 29.2. The minimum absolute atomic E-state index is 0.0466. The van der Waals surface area contributed by atoms with Crippen molar-refractivity contribution in [3.63, 3.8) is 0 Å². The fraction of sp³-hybridized carbons (Fsp3) is 0.517. The van der Waals surface area contributed by atoms with E-state index >= 15 is 0 Å². The molecule has 0 saturated carbocycles. The van der Waals surface area contributed by atoms with Gasteiger partial charge in [0.05, 0.1) is 11.5 Å². The highest BCUT2D eigenvalue weighted by atomic mass is 32.2. The van der Waals surface area contributed by atoms with E-state index < -0.39 is 33.9 Å². The van der Waals surface area contributed by atoms with Crippen LogP contribution in [0.15, 0.2) is 54.6 Å². The van der Waals surface area contributed by atoms with E-state index in [1.807, 2.05) is 30.3 Å². The molecule has 222 valence electrons. The Hall–Kier alpha value is -2.96. The van der Waals surface area contributed by atoms with Gasteiger partial charge < -0.3 is 10.2 Å². The molecule has 3 atom stereocenters. The molecule has 3 saturated heterocycles. The van der Waals surface area contributed by atoms with Gasteiger partial charge in [-0.15, -0.1) is 0 Å². The normalized spacial score (nSPS) is 24.2. The summed E-state index contributed by atoms with van der Waals surface area (Å²) in [4.78, 5) is 28.1. The van der Waals surface area contributed by atoms with E-state index in [0.717, 1.165) is 24.1 Å². The van der Waals surface area contributed by atoms with Crippen LogP contribution in [0.1, 0.15) is 48.8 Å². The van der Waals surface area contributed by atoms with Crippen LogP contribution in [0.5, 0.6) is 0 Å². The molecule has 2 amide bonds. The summed E-state index contributed by atoms with van der Waals surface area (Å²) in [5.74, 6) is -1.11. The molecule has 3 aliphatic rings. The first-order chi connectivity index (χ1) is 19.5. The zero-order valence-corrected chi connectivity index (χ0v) is 23.5. The maximum absolute atomic E-state index is 13.6. The average molecular weight is 593 g/mol. The zero-order valence-electron chi connectivity index (χ0n) is 22.7. The second kappa shape index (κ2) is 12.1. The number of likely N-dealkylation sites (tertiary alicyclic amines) is 1. The standard InChI is InChI=1S/C29H35F3N4O4S/c30-29(31,32)24-12-10-22(11-13-24)19-33-27(37)26-9-5-16-35(26)28(38)23-8-4-15-34(20-23)41(39,40)36-17-14-25(36)18-21-6-2-1-3-7-21/h1-3,6-7,10-13,23,25-26H,4-5,8-9,14-20H2,(H,33,37)/t23-,25?,26+/m0/s1. The number of nitrogens with zero attached hydrogens (tertiary/aromatic N) is 3. The maximum Gasteiger partial charge on any atom is 0.416 e. The number of rotatable bonds is 8. The quantitative estimate of drug-likeness (QED) is 0.508. The summed E-state index contributed by atoms with van der Waals surface area (Å²) in [6.07, 6.45) is -0.753. The maximum atomic E-state index is 13.6. The van der Waals surface area contributed by atoms with Crippen molar-refractivity contribution in [1.82, 2.24) is 18.8 Å². The van der Waals surface area contributed by atoms with E-state index in [0.29, 0.717) is 57.3 Å². The Morgan fingerprint density at radius 3 is 2.24 bits per heavy atom. The predicted molar refractivity (Wildman–Crippen MR) is 146 cm³/mol. The highest BCUT2D eigenvalue weighted by Crippen LogP contribution is 2.32. The number of hydrogen-bond acceptors (Lipinski definition) is 4. The Morgan fingerprint density at radius 1 is 0.878 bits per heavy atom. The van der Waals surface area contributed by atoms with Gasteiger partial charge in [-0.05, 0) is 61.8 Å². The van der Waals surface area contributed by atoms with Crippen LogP contribution in [0.4, 0.5) is 13.2 Å². The molecule has 0 aliphatic carbocycles. The Kier molecular flexibility index (Phi) is 8.72. The van der Waals surface area contributed by atoms with Gasteiger partial charge in [0.1, 0.15) is 6.04 Å². The van der Waals surface area contributed by atoms with Crippen LogP contribution in [0, 0.1) is 5.92 Å². The van der Waals surface area contributed by atoms with Gasteiger partial charge in [-0.3, -0.25) is 9.59 Å². The summed E-state index contributed by atoms with van der Waals surface area (Å²) in [5.41, 5.74) is 0.845. The molecule has 0 radical (unpaired) electrons. The number of amides is 2. The van der Waals surface area contributed by atoms with Crippen LogP contribution in [0.3, 0.4) is 0 Å². The van der Waals surface area contributed by atoms with Gasteiger partial charge in [0.2, 0.25) is 11.8 Å². The SMILES string of the molecule is O=C(NCc1ccc(C(F)(F)F)cc1)[C@H]1CCCN1C(=O)[C@H]1CCCN(S(=O)(=O)N2CCC2Cc2ccccc2)C1. The summed E-state index contributed by atoms with van der Waals surface area (Å²) >= 11 is 0. The van der Waals surface area contributed by atoms with Gasteiger partial charge in [-0.2, -0.15) is 30.2 Å². The molecule has 0 bridgehead atoms. The number of piperidine rings is 1. The van der Waals surface area contributed by atoms with E-state index in [1.165, 1.54) is 16.4 Å². The lowest BCUT2D eigenvalue weighted by atomic mass is 9.97. The van der Waals surface area contributed by atoms with Crippen molar-refractivity contribution in [2.75, 3.05) is 26.2 Å². The van der Waals surface area contributed by atoms with E-state index in [-0.39, 0.29) is 30.9 Å². The van der Waals surface area contributed by atoms with Crippen molar-refractivity contribution in [3.05, 3.63) is 71.3 Å². The van der Waals surface area contributed by atoms with Gasteiger partial charge in [0.25, 0.3) is 10.2 Å². The van der Waals surface area contributed by atoms with Crippen molar-refractivity contribution in [1.29, 1.82) is 0 Å². The predicted octanol–water partition coefficient (Wildman–Crippen LogP) is 3.59. The van der Waals surface area contributed by atoms with Crippen LogP contribution < -0.4 is 5.32 Å². The number of hydrogen-bond donors (Lipinski definition) is 1. The summed E-state index contributed by atoms with van der Waals surface area (Å²) in [7, 11) is -3.72. The van der Waals surface area contributed by atoms with Crippen LogP contribution in [0.25, 0.3) is 0 Å². The van der Waals surface area contributed by atoms with Gasteiger partial charge in [-0.25, -0.2) is 0 Å². The molecule has 8 nitrogen and oxygen atoms in total. The van der Waals surface area contributed by atoms with Gasteiger partial charge >= 0.3 is 6.18 Å². The minimum Gasteiger partial charge on any atom is -0.350 e. The molecule has 5 rings (SSSR count). The largest absolute Gasteiger partial charge is 0.416 e. The number of benzene rings is 2. The number of halogens is 3. The molecule has 12 heteroatoms. The van der Waals surface area contributed by atoms with E-state index in [9.17, 15) is 31.2 Å². The first-order valence-corrected chi connectivity index (χ1v) is 15.5. The molecule has 2 aromatic carbocycles. The Bertz CT molecular complexity index is 1340. The molecule has 3 aliphatic heterocycles. The van der Waals surface area contributed by atoms with Crippen molar-refractivity contribution >= 4 is 22.0 Å². The Balaban J connectivity index is 1.17. The number of alkyl halides is 3. The lowest BCUT2D eigenvalue weighted by Gasteiger charge is -2.44. The molecule has 0 aromatic heterocycles. The molecule has 41 heavy (non-hydrogen) atoms. The summed E-state index contributed by atoms with van der Waals surface area (Å²) in [6.45, 7) is 1.36. The summed E-state index contributed by atoms with van der Waals surface area (Å²) in [5, 5.41) is 2.75.